The first-order chi connectivity index (χ1) is 16.7. The molecule has 0 amide bonds. The van der Waals surface area contributed by atoms with Crippen molar-refractivity contribution in [3.8, 4) is 0 Å². The molecule has 5 rings (SSSR count). The highest BCUT2D eigenvalue weighted by molar-refractivity contribution is 4.93. The summed E-state index contributed by atoms with van der Waals surface area (Å²) in [7, 11) is 0. The molecule has 0 aromatic heterocycles. The maximum absolute atomic E-state index is 2.40. The first-order valence-corrected chi connectivity index (χ1v) is 16.7. The molecule has 5 saturated carbocycles. The van der Waals surface area contributed by atoms with E-state index in [2.05, 4.69) is 13.8 Å². The number of unbranched alkanes of at least 4 members (excludes halogenated alkanes) is 2. The Morgan fingerprint density at radius 3 is 1.26 bits per heavy atom. The minimum absolute atomic E-state index is 1.09. The molecule has 34 heavy (non-hydrogen) atoms. The normalized spacial score (nSPS) is 45.4. The van der Waals surface area contributed by atoms with E-state index >= 15 is 0 Å². The van der Waals surface area contributed by atoms with Crippen molar-refractivity contribution in [3.05, 3.63) is 0 Å². The molecule has 8 atom stereocenters. The summed E-state index contributed by atoms with van der Waals surface area (Å²) in [6.07, 6.45) is 34.5. The van der Waals surface area contributed by atoms with Crippen LogP contribution in [0.4, 0.5) is 0 Å². The fraction of sp³-hybridized carbons (Fsp3) is 1.00. The summed E-state index contributed by atoms with van der Waals surface area (Å²) in [5, 5.41) is 0. The molecule has 0 aromatic rings. The van der Waals surface area contributed by atoms with Crippen LogP contribution in [0.5, 0.6) is 0 Å². The van der Waals surface area contributed by atoms with E-state index in [9.17, 15) is 0 Å². The molecule has 0 nitrogen and oxygen atoms in total. The van der Waals surface area contributed by atoms with Gasteiger partial charge in [0.2, 0.25) is 0 Å². The van der Waals surface area contributed by atoms with Crippen molar-refractivity contribution in [2.24, 2.45) is 59.2 Å². The maximum atomic E-state index is 2.40. The Labute approximate surface area is 214 Å². The molecular formula is C34H60. The average molecular weight is 469 g/mol. The van der Waals surface area contributed by atoms with Crippen LogP contribution in [0.2, 0.25) is 0 Å². The smallest absolute Gasteiger partial charge is 0.0383 e. The van der Waals surface area contributed by atoms with Crippen molar-refractivity contribution in [2.45, 2.75) is 155 Å². The van der Waals surface area contributed by atoms with E-state index in [1.807, 2.05) is 0 Å². The van der Waals surface area contributed by atoms with Crippen molar-refractivity contribution in [2.75, 3.05) is 0 Å². The van der Waals surface area contributed by atoms with Gasteiger partial charge in [-0.15, -0.1) is 0 Å². The summed E-state index contributed by atoms with van der Waals surface area (Å²) in [4.78, 5) is 0. The molecule has 0 radical (unpaired) electrons. The first kappa shape index (κ1) is 25.6. The van der Waals surface area contributed by atoms with Crippen LogP contribution >= 0.6 is 0 Å². The molecule has 0 heterocycles. The molecule has 8 unspecified atom stereocenters. The van der Waals surface area contributed by atoms with Crippen LogP contribution in [-0.2, 0) is 0 Å². The molecule has 0 aliphatic heterocycles. The lowest BCUT2D eigenvalue weighted by Crippen LogP contribution is -2.38. The predicted molar refractivity (Wildman–Crippen MR) is 148 cm³/mol. The van der Waals surface area contributed by atoms with Crippen molar-refractivity contribution in [3.63, 3.8) is 0 Å². The highest BCUT2D eigenvalue weighted by Crippen LogP contribution is 2.54. The SMILES string of the molecule is CCCCCC1CCC(C2CCC3CC(C4CCC5CC(CCC)CCC5C4)CCC3C2)CC1. The van der Waals surface area contributed by atoms with Gasteiger partial charge in [-0.1, -0.05) is 71.6 Å². The molecular weight excluding hydrogens is 408 g/mol. The van der Waals surface area contributed by atoms with Gasteiger partial charge in [0, 0.05) is 0 Å². The summed E-state index contributed by atoms with van der Waals surface area (Å²) in [5.41, 5.74) is 0. The molecule has 5 aliphatic rings. The molecule has 0 bridgehead atoms. The van der Waals surface area contributed by atoms with Gasteiger partial charge in [0.25, 0.3) is 0 Å². The van der Waals surface area contributed by atoms with Gasteiger partial charge in [0.05, 0.1) is 0 Å². The van der Waals surface area contributed by atoms with E-state index in [4.69, 9.17) is 0 Å². The van der Waals surface area contributed by atoms with Gasteiger partial charge >= 0.3 is 0 Å². The van der Waals surface area contributed by atoms with Gasteiger partial charge in [0.1, 0.15) is 0 Å². The Balaban J connectivity index is 1.04. The maximum Gasteiger partial charge on any atom is -0.0383 e. The molecule has 5 fully saturated rings. The lowest BCUT2D eigenvalue weighted by atomic mass is 9.56. The highest BCUT2D eigenvalue weighted by atomic mass is 14.5. The Hall–Kier alpha value is 0. The Kier molecular flexibility index (Phi) is 9.42. The first-order valence-electron chi connectivity index (χ1n) is 16.7. The summed E-state index contributed by atoms with van der Waals surface area (Å²) < 4.78 is 0. The Bertz CT molecular complexity index is 585. The van der Waals surface area contributed by atoms with Gasteiger partial charge in [-0.05, 0) is 143 Å². The monoisotopic (exact) mass is 468 g/mol. The second-order valence-electron chi connectivity index (χ2n) is 14.5. The molecule has 0 heteroatoms. The van der Waals surface area contributed by atoms with Crippen molar-refractivity contribution < 1.29 is 0 Å². The van der Waals surface area contributed by atoms with Crippen LogP contribution < -0.4 is 0 Å². The fourth-order valence-corrected chi connectivity index (χ4v) is 10.6. The quantitative estimate of drug-likeness (QED) is 0.311. The van der Waals surface area contributed by atoms with Crippen molar-refractivity contribution in [1.82, 2.24) is 0 Å². The number of hydrogen-bond donors (Lipinski definition) is 0. The van der Waals surface area contributed by atoms with Gasteiger partial charge < -0.3 is 0 Å². The Morgan fingerprint density at radius 1 is 0.353 bits per heavy atom. The van der Waals surface area contributed by atoms with E-state index in [1.54, 1.807) is 109 Å². The second kappa shape index (κ2) is 12.5. The van der Waals surface area contributed by atoms with Crippen LogP contribution in [0.25, 0.3) is 0 Å². The zero-order valence-corrected chi connectivity index (χ0v) is 23.3. The van der Waals surface area contributed by atoms with Gasteiger partial charge in [-0.3, -0.25) is 0 Å². The fourth-order valence-electron chi connectivity index (χ4n) is 10.6. The number of fused-ring (bicyclic) bond motifs is 2. The lowest BCUT2D eigenvalue weighted by molar-refractivity contribution is 0.0173. The van der Waals surface area contributed by atoms with E-state index in [0.29, 0.717) is 0 Å². The van der Waals surface area contributed by atoms with Crippen LogP contribution in [0.3, 0.4) is 0 Å². The Morgan fingerprint density at radius 2 is 0.765 bits per heavy atom. The zero-order valence-electron chi connectivity index (χ0n) is 23.3. The van der Waals surface area contributed by atoms with Crippen LogP contribution in [0, 0.1) is 59.2 Å². The number of rotatable bonds is 8. The van der Waals surface area contributed by atoms with Crippen molar-refractivity contribution >= 4 is 0 Å². The minimum Gasteiger partial charge on any atom is -0.0654 e. The summed E-state index contributed by atoms with van der Waals surface area (Å²) in [6, 6.07) is 0. The van der Waals surface area contributed by atoms with E-state index in [1.165, 1.54) is 32.1 Å². The third-order valence-corrected chi connectivity index (χ3v) is 12.6. The number of hydrogen-bond acceptors (Lipinski definition) is 0. The van der Waals surface area contributed by atoms with Crippen LogP contribution in [0.1, 0.15) is 155 Å². The summed E-state index contributed by atoms with van der Waals surface area (Å²) in [6.45, 7) is 4.75. The standard InChI is InChI=1S/C34H60/c1-3-5-6-8-25-9-12-27(13-10-25)29-16-18-33-24-34(20-19-31(33)22-29)32-17-15-28-21-26(7-4-2)11-14-30(28)23-32/h25-34H,3-24H2,1-2H3. The second-order valence-corrected chi connectivity index (χ2v) is 14.5. The molecule has 0 spiro atoms. The molecule has 0 aromatic carbocycles. The van der Waals surface area contributed by atoms with Gasteiger partial charge in [0.15, 0.2) is 0 Å². The summed E-state index contributed by atoms with van der Waals surface area (Å²) in [5.74, 6) is 11.1. The molecule has 0 saturated heterocycles. The van der Waals surface area contributed by atoms with E-state index < -0.39 is 0 Å². The zero-order chi connectivity index (χ0) is 23.3. The van der Waals surface area contributed by atoms with Gasteiger partial charge in [-0.2, -0.15) is 0 Å². The lowest BCUT2D eigenvalue weighted by Gasteiger charge is -2.49. The molecule has 196 valence electrons. The highest BCUT2D eigenvalue weighted by Gasteiger charge is 2.43. The predicted octanol–water partition coefficient (Wildman–Crippen LogP) is 10.8. The molecule has 5 aliphatic carbocycles. The third-order valence-electron chi connectivity index (χ3n) is 12.6. The van der Waals surface area contributed by atoms with Crippen LogP contribution in [-0.4, -0.2) is 0 Å². The van der Waals surface area contributed by atoms with Crippen molar-refractivity contribution in [1.29, 1.82) is 0 Å². The largest absolute Gasteiger partial charge is 0.0654 e. The van der Waals surface area contributed by atoms with Crippen LogP contribution in [0.15, 0.2) is 0 Å². The topological polar surface area (TPSA) is 0 Å². The van der Waals surface area contributed by atoms with Gasteiger partial charge in [-0.25, -0.2) is 0 Å². The molecule has 0 N–H and O–H groups in total. The summed E-state index contributed by atoms with van der Waals surface area (Å²) >= 11 is 0. The minimum atomic E-state index is 1.09. The van der Waals surface area contributed by atoms with E-state index in [0.717, 1.165) is 59.2 Å². The van der Waals surface area contributed by atoms with E-state index in [-0.39, 0.29) is 0 Å². The average Bonchev–Trinajstić information content (AvgIpc) is 2.88. The third kappa shape index (κ3) is 6.28.